The zero-order chi connectivity index (χ0) is 14.6. The minimum Gasteiger partial charge on any atom is -0.480 e. The van der Waals surface area contributed by atoms with Crippen LogP contribution in [0.5, 0.6) is 0 Å². The second kappa shape index (κ2) is 5.89. The van der Waals surface area contributed by atoms with E-state index < -0.39 is 34.3 Å². The molecule has 0 aliphatic carbocycles. The molecule has 1 atom stereocenters. The van der Waals surface area contributed by atoms with Crippen molar-refractivity contribution in [1.82, 2.24) is 5.32 Å². The number of hydrogen-bond donors (Lipinski definition) is 2. The fourth-order valence-corrected chi connectivity index (χ4v) is 1.54. The second-order valence-electron chi connectivity index (χ2n) is 3.87. The van der Waals surface area contributed by atoms with E-state index in [4.69, 9.17) is 5.11 Å². The first-order valence-electron chi connectivity index (χ1n) is 5.23. The Morgan fingerprint density at radius 2 is 2.11 bits per heavy atom. The molecule has 1 amide bonds. The van der Waals surface area contributed by atoms with Gasteiger partial charge in [-0.3, -0.25) is 14.9 Å². The molecule has 2 N–H and O–H groups in total. The molecular weight excluding hydrogens is 259 g/mol. The number of nitrogens with one attached hydrogen (secondary N) is 1. The summed E-state index contributed by atoms with van der Waals surface area (Å²) in [5.41, 5.74) is -0.352. The summed E-state index contributed by atoms with van der Waals surface area (Å²) in [5.74, 6) is -2.70. The number of carboxylic acids is 1. The van der Waals surface area contributed by atoms with E-state index in [0.717, 1.165) is 25.1 Å². The Bertz CT molecular complexity index is 532. The van der Waals surface area contributed by atoms with Crippen LogP contribution in [0.2, 0.25) is 0 Å². The van der Waals surface area contributed by atoms with Gasteiger partial charge < -0.3 is 10.4 Å². The predicted molar refractivity (Wildman–Crippen MR) is 62.0 cm³/mol. The zero-order valence-corrected chi connectivity index (χ0v) is 9.92. The van der Waals surface area contributed by atoms with E-state index in [1.807, 2.05) is 0 Å². The number of carbonyl (C=O) groups excluding carboxylic acids is 1. The largest absolute Gasteiger partial charge is 0.480 e. The number of amides is 1. The second-order valence-corrected chi connectivity index (χ2v) is 3.87. The Morgan fingerprint density at radius 1 is 1.47 bits per heavy atom. The van der Waals surface area contributed by atoms with E-state index in [9.17, 15) is 24.1 Å². The van der Waals surface area contributed by atoms with Gasteiger partial charge in [-0.15, -0.1) is 0 Å². The third-order valence-electron chi connectivity index (χ3n) is 2.27. The summed E-state index contributed by atoms with van der Waals surface area (Å²) in [4.78, 5) is 31.5. The quantitative estimate of drug-likeness (QED) is 0.609. The van der Waals surface area contributed by atoms with Crippen LogP contribution in [0.1, 0.15) is 12.5 Å². The highest BCUT2D eigenvalue weighted by atomic mass is 19.1. The van der Waals surface area contributed by atoms with Crippen molar-refractivity contribution in [3.05, 3.63) is 39.7 Å². The first-order valence-corrected chi connectivity index (χ1v) is 5.23. The highest BCUT2D eigenvalue weighted by Crippen LogP contribution is 2.17. The fraction of sp³-hybridized carbons (Fsp3) is 0.273. The lowest BCUT2D eigenvalue weighted by Gasteiger charge is -2.13. The van der Waals surface area contributed by atoms with Gasteiger partial charge in [-0.25, -0.2) is 9.18 Å². The van der Waals surface area contributed by atoms with Crippen LogP contribution >= 0.6 is 0 Å². The zero-order valence-electron chi connectivity index (χ0n) is 9.92. The van der Waals surface area contributed by atoms with Gasteiger partial charge in [0.2, 0.25) is 5.91 Å². The Labute approximate surface area is 107 Å². The van der Waals surface area contributed by atoms with E-state index in [1.54, 1.807) is 0 Å². The number of nitro benzene ring substituents is 1. The number of hydrogen-bond acceptors (Lipinski definition) is 4. The van der Waals surface area contributed by atoms with Crippen LogP contribution < -0.4 is 5.32 Å². The molecule has 0 heterocycles. The molecule has 1 aromatic rings. The van der Waals surface area contributed by atoms with Gasteiger partial charge in [0.05, 0.1) is 11.0 Å². The number of non-ortho nitro benzene ring substituents is 1. The van der Waals surface area contributed by atoms with Crippen LogP contribution in [0.4, 0.5) is 10.1 Å². The number of halogens is 1. The number of rotatable bonds is 5. The van der Waals surface area contributed by atoms with Crippen molar-refractivity contribution >= 4 is 17.6 Å². The Kier molecular flexibility index (Phi) is 4.51. The van der Waals surface area contributed by atoms with Crippen molar-refractivity contribution in [2.24, 2.45) is 0 Å². The minimum atomic E-state index is -1.30. The summed E-state index contributed by atoms with van der Waals surface area (Å²) >= 11 is 0. The average Bonchev–Trinajstić information content (AvgIpc) is 2.26. The smallest absolute Gasteiger partial charge is 0.326 e. The lowest BCUT2D eigenvalue weighted by Crippen LogP contribution is -2.41. The Hall–Kier alpha value is -2.51. The third-order valence-corrected chi connectivity index (χ3v) is 2.27. The van der Waals surface area contributed by atoms with E-state index in [2.05, 4.69) is 5.32 Å². The molecule has 1 unspecified atom stereocenters. The van der Waals surface area contributed by atoms with Crippen molar-refractivity contribution in [3.63, 3.8) is 0 Å². The lowest BCUT2D eigenvalue weighted by molar-refractivity contribution is -0.385. The molecule has 0 aliphatic rings. The predicted octanol–water partition coefficient (Wildman–Crippen LogP) is 0.866. The molecule has 1 aromatic carbocycles. The third kappa shape index (κ3) is 4.34. The molecule has 102 valence electrons. The SMILES string of the molecule is CC(=O)NC(Cc1cc(F)cc([N+](=O)[O-])c1)C(=O)O. The van der Waals surface area contributed by atoms with Gasteiger partial charge in [-0.05, 0) is 11.6 Å². The first kappa shape index (κ1) is 14.6. The van der Waals surface area contributed by atoms with E-state index in [0.29, 0.717) is 0 Å². The molecule has 0 saturated heterocycles. The van der Waals surface area contributed by atoms with Gasteiger partial charge in [0, 0.05) is 19.4 Å². The van der Waals surface area contributed by atoms with Gasteiger partial charge in [-0.1, -0.05) is 0 Å². The van der Waals surface area contributed by atoms with Crippen molar-refractivity contribution in [2.75, 3.05) is 0 Å². The summed E-state index contributed by atoms with van der Waals surface area (Å²) in [6, 6.07) is 1.53. The van der Waals surface area contributed by atoms with Crippen molar-refractivity contribution in [3.8, 4) is 0 Å². The Morgan fingerprint density at radius 3 is 2.58 bits per heavy atom. The van der Waals surface area contributed by atoms with Crippen LogP contribution in [0, 0.1) is 15.9 Å². The maximum absolute atomic E-state index is 13.2. The fourth-order valence-electron chi connectivity index (χ4n) is 1.54. The summed E-state index contributed by atoms with van der Waals surface area (Å²) in [6.45, 7) is 1.14. The number of aliphatic carboxylic acids is 1. The van der Waals surface area contributed by atoms with E-state index in [-0.39, 0.29) is 12.0 Å². The normalized spacial score (nSPS) is 11.7. The molecule has 0 radical (unpaired) electrons. The summed E-state index contributed by atoms with van der Waals surface area (Å²) in [7, 11) is 0. The van der Waals surface area contributed by atoms with Crippen molar-refractivity contribution < 1.29 is 24.0 Å². The molecule has 0 aromatic heterocycles. The summed E-state index contributed by atoms with van der Waals surface area (Å²) < 4.78 is 13.2. The van der Waals surface area contributed by atoms with E-state index >= 15 is 0 Å². The Balaban J connectivity index is 2.99. The summed E-state index contributed by atoms with van der Waals surface area (Å²) in [6.07, 6.45) is -0.243. The van der Waals surface area contributed by atoms with Crippen LogP contribution in [-0.4, -0.2) is 27.9 Å². The van der Waals surface area contributed by atoms with E-state index in [1.165, 1.54) is 0 Å². The number of nitrogens with zero attached hydrogens (tertiary/aromatic N) is 1. The van der Waals surface area contributed by atoms with Gasteiger partial charge in [0.1, 0.15) is 11.9 Å². The van der Waals surface area contributed by atoms with Crippen LogP contribution in [-0.2, 0) is 16.0 Å². The highest BCUT2D eigenvalue weighted by molar-refractivity contribution is 5.82. The topological polar surface area (TPSA) is 110 Å². The standard InChI is InChI=1S/C11H11FN2O5/c1-6(15)13-10(11(16)17)4-7-2-8(12)5-9(3-7)14(18)19/h2-3,5,10H,4H2,1H3,(H,13,15)(H,16,17). The molecule has 0 bridgehead atoms. The molecule has 0 fully saturated rings. The molecule has 0 saturated carbocycles. The van der Waals surface area contributed by atoms with Gasteiger partial charge in [0.25, 0.3) is 5.69 Å². The summed E-state index contributed by atoms with van der Waals surface area (Å²) in [5, 5.41) is 21.6. The average molecular weight is 270 g/mol. The molecule has 7 nitrogen and oxygen atoms in total. The number of benzene rings is 1. The first-order chi connectivity index (χ1) is 8.79. The molecule has 8 heteroatoms. The maximum Gasteiger partial charge on any atom is 0.326 e. The number of carbonyl (C=O) groups is 2. The molecule has 0 spiro atoms. The number of carboxylic acid groups (broad SMARTS) is 1. The minimum absolute atomic E-state index is 0.118. The lowest BCUT2D eigenvalue weighted by atomic mass is 10.0. The van der Waals surface area contributed by atoms with Crippen molar-refractivity contribution in [1.29, 1.82) is 0 Å². The van der Waals surface area contributed by atoms with Gasteiger partial charge >= 0.3 is 5.97 Å². The maximum atomic E-state index is 13.2. The van der Waals surface area contributed by atoms with Crippen LogP contribution in [0.3, 0.4) is 0 Å². The van der Waals surface area contributed by atoms with Gasteiger partial charge in [-0.2, -0.15) is 0 Å². The molecule has 0 aliphatic heterocycles. The molecule has 19 heavy (non-hydrogen) atoms. The van der Waals surface area contributed by atoms with Crippen LogP contribution in [0.25, 0.3) is 0 Å². The highest BCUT2D eigenvalue weighted by Gasteiger charge is 2.20. The van der Waals surface area contributed by atoms with Crippen LogP contribution in [0.15, 0.2) is 18.2 Å². The molecular formula is C11H11FN2O5. The monoisotopic (exact) mass is 270 g/mol. The molecule has 1 rings (SSSR count). The van der Waals surface area contributed by atoms with Crippen molar-refractivity contribution in [2.45, 2.75) is 19.4 Å². The number of nitro groups is 1. The van der Waals surface area contributed by atoms with Gasteiger partial charge in [0.15, 0.2) is 0 Å².